The highest BCUT2D eigenvalue weighted by molar-refractivity contribution is 5.06. The zero-order valence-corrected chi connectivity index (χ0v) is 12.5. The second-order valence-electron chi connectivity index (χ2n) is 7.29. The zero-order chi connectivity index (χ0) is 12.7. The van der Waals surface area contributed by atoms with Crippen molar-refractivity contribution in [3.63, 3.8) is 0 Å². The summed E-state index contributed by atoms with van der Waals surface area (Å²) in [6.45, 7) is 7.12. The van der Waals surface area contributed by atoms with E-state index in [1.165, 1.54) is 25.7 Å². The molecule has 6 atom stereocenters. The van der Waals surface area contributed by atoms with Gasteiger partial charge in [-0.2, -0.15) is 0 Å². The largest absolute Gasteiger partial charge is 0.311 e. The molecule has 18 heavy (non-hydrogen) atoms. The van der Waals surface area contributed by atoms with Crippen molar-refractivity contribution in [3.8, 4) is 0 Å². The fourth-order valence-electron chi connectivity index (χ4n) is 5.73. The second-order valence-corrected chi connectivity index (χ2v) is 7.29. The Kier molecular flexibility index (Phi) is 3.71. The molecule has 3 aliphatic carbocycles. The first kappa shape index (κ1) is 13.0. The molecule has 1 nitrogen and oxygen atoms in total. The van der Waals surface area contributed by atoms with E-state index >= 15 is 0 Å². The van der Waals surface area contributed by atoms with Gasteiger partial charge in [-0.1, -0.05) is 33.1 Å². The van der Waals surface area contributed by atoms with Crippen molar-refractivity contribution in [1.29, 1.82) is 0 Å². The lowest BCUT2D eigenvalue weighted by molar-refractivity contribution is 0.185. The van der Waals surface area contributed by atoms with Crippen molar-refractivity contribution in [3.05, 3.63) is 0 Å². The predicted molar refractivity (Wildman–Crippen MR) is 77.5 cm³/mol. The van der Waals surface area contributed by atoms with Crippen LogP contribution in [0.4, 0.5) is 0 Å². The maximum atomic E-state index is 4.02. The summed E-state index contributed by atoms with van der Waals surface area (Å²) in [5.41, 5.74) is 0. The van der Waals surface area contributed by atoms with Gasteiger partial charge in [-0.05, 0) is 62.2 Å². The number of fused-ring (bicyclic) bond motifs is 5. The smallest absolute Gasteiger partial charge is 0.0103 e. The van der Waals surface area contributed by atoms with Crippen LogP contribution in [0.15, 0.2) is 0 Å². The fraction of sp³-hybridized carbons (Fsp3) is 1.00. The van der Waals surface area contributed by atoms with Crippen LogP contribution >= 0.6 is 0 Å². The normalized spacial score (nSPS) is 43.7. The minimum absolute atomic E-state index is 0.726. The molecule has 6 unspecified atom stereocenters. The topological polar surface area (TPSA) is 12.0 Å². The molecular weight excluding hydrogens is 218 g/mol. The minimum Gasteiger partial charge on any atom is -0.311 e. The molecule has 104 valence electrons. The molecule has 0 radical (unpaired) electrons. The van der Waals surface area contributed by atoms with Crippen LogP contribution in [-0.2, 0) is 0 Å². The van der Waals surface area contributed by atoms with Crippen LogP contribution < -0.4 is 5.32 Å². The molecule has 0 heterocycles. The Morgan fingerprint density at radius 2 is 1.72 bits per heavy atom. The van der Waals surface area contributed by atoms with Crippen molar-refractivity contribution >= 4 is 0 Å². The average Bonchev–Trinajstić information content (AvgIpc) is 3.01. The first-order chi connectivity index (χ1) is 8.74. The first-order valence-corrected chi connectivity index (χ1v) is 8.50. The third-order valence-electron chi connectivity index (χ3n) is 6.66. The van der Waals surface area contributed by atoms with Gasteiger partial charge in [0.05, 0.1) is 0 Å². The molecule has 2 bridgehead atoms. The number of rotatable bonds is 5. The van der Waals surface area contributed by atoms with E-state index in [4.69, 9.17) is 0 Å². The van der Waals surface area contributed by atoms with E-state index < -0.39 is 0 Å². The van der Waals surface area contributed by atoms with Gasteiger partial charge in [0, 0.05) is 12.1 Å². The summed E-state index contributed by atoms with van der Waals surface area (Å²) in [7, 11) is 0. The summed E-state index contributed by atoms with van der Waals surface area (Å²) in [5.74, 6) is 5.25. The molecule has 1 N–H and O–H groups in total. The highest BCUT2D eigenvalue weighted by Gasteiger charge is 2.53. The van der Waals surface area contributed by atoms with Crippen LogP contribution in [0.1, 0.15) is 65.7 Å². The van der Waals surface area contributed by atoms with Gasteiger partial charge >= 0.3 is 0 Å². The Morgan fingerprint density at radius 1 is 1.00 bits per heavy atom. The number of nitrogens with one attached hydrogen (secondary N) is 1. The summed E-state index contributed by atoms with van der Waals surface area (Å²) in [6, 6.07) is 1.59. The average molecular weight is 249 g/mol. The Hall–Kier alpha value is -0.0400. The van der Waals surface area contributed by atoms with Gasteiger partial charge in [0.25, 0.3) is 0 Å². The van der Waals surface area contributed by atoms with Gasteiger partial charge in [-0.15, -0.1) is 0 Å². The van der Waals surface area contributed by atoms with E-state index in [1.807, 2.05) is 0 Å². The van der Waals surface area contributed by atoms with Crippen LogP contribution in [0.5, 0.6) is 0 Å². The van der Waals surface area contributed by atoms with Gasteiger partial charge in [0.15, 0.2) is 0 Å². The van der Waals surface area contributed by atoms with Gasteiger partial charge in [-0.3, -0.25) is 0 Å². The van der Waals surface area contributed by atoms with Gasteiger partial charge in [0.1, 0.15) is 0 Å². The third kappa shape index (κ3) is 2.03. The monoisotopic (exact) mass is 249 g/mol. The quantitative estimate of drug-likeness (QED) is 0.769. The van der Waals surface area contributed by atoms with Crippen molar-refractivity contribution in [1.82, 2.24) is 5.32 Å². The standard InChI is InChI=1S/C17H31N/c1-4-12(5-2)11(3)18-17-10-13-9-16(17)15-8-6-7-14(13)15/h11-18H,4-10H2,1-3H3. The van der Waals surface area contributed by atoms with E-state index in [0.29, 0.717) is 0 Å². The number of hydrogen-bond acceptors (Lipinski definition) is 1. The SMILES string of the molecule is CCC(CC)C(C)NC1CC2CC1C1CCCC21. The molecule has 0 spiro atoms. The molecular formula is C17H31N. The van der Waals surface area contributed by atoms with E-state index in [2.05, 4.69) is 26.1 Å². The van der Waals surface area contributed by atoms with Crippen LogP contribution in [0.3, 0.4) is 0 Å². The summed E-state index contributed by atoms with van der Waals surface area (Å²) in [6.07, 6.45) is 10.3. The molecule has 0 aliphatic heterocycles. The Morgan fingerprint density at radius 3 is 2.44 bits per heavy atom. The molecule has 0 aromatic rings. The molecule has 0 saturated heterocycles. The van der Waals surface area contributed by atoms with Gasteiger partial charge in [0.2, 0.25) is 0 Å². The number of hydrogen-bond donors (Lipinski definition) is 1. The lowest BCUT2D eigenvalue weighted by atomic mass is 9.78. The second kappa shape index (κ2) is 5.15. The van der Waals surface area contributed by atoms with Crippen molar-refractivity contribution < 1.29 is 0 Å². The highest BCUT2D eigenvalue weighted by Crippen LogP contribution is 2.58. The first-order valence-electron chi connectivity index (χ1n) is 8.50. The summed E-state index contributed by atoms with van der Waals surface area (Å²) < 4.78 is 0. The summed E-state index contributed by atoms with van der Waals surface area (Å²) in [5, 5.41) is 4.02. The van der Waals surface area contributed by atoms with Gasteiger partial charge in [-0.25, -0.2) is 0 Å². The van der Waals surface area contributed by atoms with E-state index in [-0.39, 0.29) is 0 Å². The van der Waals surface area contributed by atoms with E-state index in [1.54, 1.807) is 19.3 Å². The lowest BCUT2D eigenvalue weighted by Crippen LogP contribution is -2.46. The summed E-state index contributed by atoms with van der Waals surface area (Å²) >= 11 is 0. The molecule has 3 aliphatic rings. The third-order valence-corrected chi connectivity index (χ3v) is 6.66. The van der Waals surface area contributed by atoms with E-state index in [9.17, 15) is 0 Å². The highest BCUT2D eigenvalue weighted by atomic mass is 15.0. The summed E-state index contributed by atoms with van der Waals surface area (Å²) in [4.78, 5) is 0. The fourth-order valence-corrected chi connectivity index (χ4v) is 5.73. The maximum Gasteiger partial charge on any atom is 0.0103 e. The van der Waals surface area contributed by atoms with E-state index in [0.717, 1.165) is 41.7 Å². The Balaban J connectivity index is 1.59. The van der Waals surface area contributed by atoms with Crippen molar-refractivity contribution in [2.45, 2.75) is 77.8 Å². The maximum absolute atomic E-state index is 4.02. The predicted octanol–water partition coefficient (Wildman–Crippen LogP) is 4.23. The molecule has 0 aromatic heterocycles. The van der Waals surface area contributed by atoms with Crippen LogP contribution in [0, 0.1) is 29.6 Å². The Labute approximate surface area is 113 Å². The zero-order valence-electron chi connectivity index (χ0n) is 12.5. The van der Waals surface area contributed by atoms with Crippen LogP contribution in [-0.4, -0.2) is 12.1 Å². The van der Waals surface area contributed by atoms with Crippen molar-refractivity contribution in [2.75, 3.05) is 0 Å². The van der Waals surface area contributed by atoms with Crippen molar-refractivity contribution in [2.24, 2.45) is 29.6 Å². The minimum atomic E-state index is 0.726. The lowest BCUT2D eigenvalue weighted by Gasteiger charge is -2.35. The Bertz CT molecular complexity index is 283. The molecule has 3 fully saturated rings. The molecule has 3 saturated carbocycles. The van der Waals surface area contributed by atoms with Crippen LogP contribution in [0.25, 0.3) is 0 Å². The van der Waals surface area contributed by atoms with Crippen LogP contribution in [0.2, 0.25) is 0 Å². The molecule has 1 heteroatoms. The molecule has 3 rings (SSSR count). The van der Waals surface area contributed by atoms with Gasteiger partial charge < -0.3 is 5.32 Å². The molecule has 0 amide bonds. The molecule has 0 aromatic carbocycles.